The maximum Gasteiger partial charge on any atom is 0.253 e. The minimum absolute atomic E-state index is 0.0346. The molecule has 0 aromatic heterocycles. The van der Waals surface area contributed by atoms with E-state index in [1.807, 2.05) is 6.92 Å². The summed E-state index contributed by atoms with van der Waals surface area (Å²) in [6.45, 7) is 4.25. The fourth-order valence-electron chi connectivity index (χ4n) is 3.61. The summed E-state index contributed by atoms with van der Waals surface area (Å²) in [4.78, 5) is 24.6. The van der Waals surface area contributed by atoms with E-state index in [-0.39, 0.29) is 17.9 Å². The van der Waals surface area contributed by atoms with Gasteiger partial charge in [0.1, 0.15) is 0 Å². The second-order valence-electron chi connectivity index (χ2n) is 7.61. The fourth-order valence-corrected chi connectivity index (χ4v) is 3.61. The highest BCUT2D eigenvalue weighted by Gasteiger charge is 2.27. The van der Waals surface area contributed by atoms with Crippen molar-refractivity contribution in [2.75, 3.05) is 0 Å². The van der Waals surface area contributed by atoms with Crippen LogP contribution in [0.3, 0.4) is 0 Å². The number of hydrogen-bond donors (Lipinski definition) is 0. The van der Waals surface area contributed by atoms with Crippen molar-refractivity contribution in [3.05, 3.63) is 12.2 Å². The van der Waals surface area contributed by atoms with E-state index in [1.165, 1.54) is 101 Å². The minimum atomic E-state index is -0.150. The molecular weight excluding hydrogens is 310 g/mol. The minimum Gasteiger partial charge on any atom is -0.273 e. The van der Waals surface area contributed by atoms with Crippen molar-refractivity contribution < 1.29 is 9.59 Å². The standard InChI is InChI=1S/C22H39NO2/c1-3-4-5-6-7-8-9-10-11-12-13-14-15-16-17-20(2)23-21(24)18-19-22(23)25/h18-20H,3-17H2,1-2H3/t20-/m0/s1. The zero-order valence-corrected chi connectivity index (χ0v) is 16.6. The maximum atomic E-state index is 11.6. The van der Waals surface area contributed by atoms with E-state index >= 15 is 0 Å². The van der Waals surface area contributed by atoms with Crippen LogP contribution in [-0.4, -0.2) is 22.8 Å². The number of hydrogen-bond acceptors (Lipinski definition) is 2. The number of carbonyl (C=O) groups is 2. The van der Waals surface area contributed by atoms with E-state index in [1.54, 1.807) is 0 Å². The average Bonchev–Trinajstić information content (AvgIpc) is 2.93. The molecule has 1 atom stereocenters. The molecule has 0 aliphatic carbocycles. The van der Waals surface area contributed by atoms with E-state index < -0.39 is 0 Å². The third-order valence-electron chi connectivity index (χ3n) is 5.26. The van der Waals surface area contributed by atoms with Crippen LogP contribution in [0.1, 0.15) is 110 Å². The van der Waals surface area contributed by atoms with Gasteiger partial charge in [-0.2, -0.15) is 0 Å². The molecule has 1 aliphatic heterocycles. The molecule has 3 nitrogen and oxygen atoms in total. The molecule has 3 heteroatoms. The molecule has 0 spiro atoms. The van der Waals surface area contributed by atoms with Gasteiger partial charge in [-0.3, -0.25) is 14.5 Å². The van der Waals surface area contributed by atoms with Crippen LogP contribution in [0, 0.1) is 0 Å². The molecular formula is C22H39NO2. The first-order chi connectivity index (χ1) is 12.2. The van der Waals surface area contributed by atoms with E-state index in [0.717, 1.165) is 12.8 Å². The first-order valence-corrected chi connectivity index (χ1v) is 10.7. The first kappa shape index (κ1) is 21.9. The summed E-state index contributed by atoms with van der Waals surface area (Å²) in [7, 11) is 0. The molecule has 2 amide bonds. The van der Waals surface area contributed by atoms with Crippen molar-refractivity contribution in [2.45, 2.75) is 116 Å². The second-order valence-corrected chi connectivity index (χ2v) is 7.61. The molecule has 0 bridgehead atoms. The van der Waals surface area contributed by atoms with Gasteiger partial charge >= 0.3 is 0 Å². The summed E-state index contributed by atoms with van der Waals surface area (Å²) in [5, 5.41) is 0. The van der Waals surface area contributed by atoms with Gasteiger partial charge < -0.3 is 0 Å². The number of amides is 2. The van der Waals surface area contributed by atoms with Crippen LogP contribution in [0.4, 0.5) is 0 Å². The van der Waals surface area contributed by atoms with E-state index in [9.17, 15) is 9.59 Å². The fraction of sp³-hybridized carbons (Fsp3) is 0.818. The lowest BCUT2D eigenvalue weighted by atomic mass is 10.0. The van der Waals surface area contributed by atoms with Crippen LogP contribution in [0.2, 0.25) is 0 Å². The van der Waals surface area contributed by atoms with Gasteiger partial charge in [0, 0.05) is 18.2 Å². The van der Waals surface area contributed by atoms with Gasteiger partial charge in [0.05, 0.1) is 0 Å². The quantitative estimate of drug-likeness (QED) is 0.247. The van der Waals surface area contributed by atoms with E-state index in [4.69, 9.17) is 0 Å². The van der Waals surface area contributed by atoms with Gasteiger partial charge in [-0.1, -0.05) is 96.8 Å². The van der Waals surface area contributed by atoms with Crippen LogP contribution in [0.15, 0.2) is 12.2 Å². The van der Waals surface area contributed by atoms with Crippen LogP contribution < -0.4 is 0 Å². The summed E-state index contributed by atoms with van der Waals surface area (Å²) < 4.78 is 0. The average molecular weight is 350 g/mol. The van der Waals surface area contributed by atoms with Crippen molar-refractivity contribution in [1.29, 1.82) is 0 Å². The lowest BCUT2D eigenvalue weighted by Crippen LogP contribution is -2.38. The van der Waals surface area contributed by atoms with Gasteiger partial charge in [-0.15, -0.1) is 0 Å². The normalized spacial score (nSPS) is 15.4. The Bertz CT molecular complexity index is 385. The highest BCUT2D eigenvalue weighted by atomic mass is 16.2. The molecule has 0 N–H and O–H groups in total. The number of rotatable bonds is 16. The molecule has 0 fully saturated rings. The highest BCUT2D eigenvalue weighted by Crippen LogP contribution is 2.17. The predicted octanol–water partition coefficient (Wildman–Crippen LogP) is 6.17. The van der Waals surface area contributed by atoms with Gasteiger partial charge in [-0.05, 0) is 13.3 Å². The number of imide groups is 1. The molecule has 144 valence electrons. The van der Waals surface area contributed by atoms with Crippen molar-refractivity contribution in [3.8, 4) is 0 Å². The number of carbonyl (C=O) groups excluding carboxylic acids is 2. The maximum absolute atomic E-state index is 11.6. The van der Waals surface area contributed by atoms with Gasteiger partial charge in [-0.25, -0.2) is 0 Å². The SMILES string of the molecule is CCCCCCCCCCCCCCCC[C@H](C)N1C(=O)C=CC1=O. The first-order valence-electron chi connectivity index (χ1n) is 10.7. The monoisotopic (exact) mass is 349 g/mol. The summed E-state index contributed by atoms with van der Waals surface area (Å²) in [5.41, 5.74) is 0. The Hall–Kier alpha value is -1.12. The van der Waals surface area contributed by atoms with Crippen molar-refractivity contribution in [3.63, 3.8) is 0 Å². The van der Waals surface area contributed by atoms with Crippen LogP contribution in [0.25, 0.3) is 0 Å². The molecule has 0 radical (unpaired) electrons. The van der Waals surface area contributed by atoms with Crippen molar-refractivity contribution in [2.24, 2.45) is 0 Å². The Kier molecular flexibility index (Phi) is 12.4. The molecule has 25 heavy (non-hydrogen) atoms. The third kappa shape index (κ3) is 9.81. The van der Waals surface area contributed by atoms with E-state index in [0.29, 0.717) is 0 Å². The van der Waals surface area contributed by atoms with Gasteiger partial charge in [0.2, 0.25) is 0 Å². The predicted molar refractivity (Wildman–Crippen MR) is 105 cm³/mol. The Labute approximate surface area is 155 Å². The Morgan fingerprint density at radius 2 is 1.04 bits per heavy atom. The Morgan fingerprint density at radius 1 is 0.680 bits per heavy atom. The van der Waals surface area contributed by atoms with E-state index in [2.05, 4.69) is 6.92 Å². The molecule has 0 unspecified atom stereocenters. The molecule has 0 saturated carbocycles. The highest BCUT2D eigenvalue weighted by molar-refractivity contribution is 6.13. The lowest BCUT2D eigenvalue weighted by Gasteiger charge is -2.22. The number of nitrogens with zero attached hydrogens (tertiary/aromatic N) is 1. The topological polar surface area (TPSA) is 37.4 Å². The van der Waals surface area contributed by atoms with Gasteiger partial charge in [0.25, 0.3) is 11.8 Å². The molecule has 1 rings (SSSR count). The molecule has 1 heterocycles. The molecule has 1 aliphatic rings. The Morgan fingerprint density at radius 3 is 1.44 bits per heavy atom. The second kappa shape index (κ2) is 14.1. The van der Waals surface area contributed by atoms with Crippen LogP contribution in [-0.2, 0) is 9.59 Å². The largest absolute Gasteiger partial charge is 0.273 e. The molecule has 0 saturated heterocycles. The van der Waals surface area contributed by atoms with Crippen molar-refractivity contribution in [1.82, 2.24) is 4.90 Å². The van der Waals surface area contributed by atoms with Crippen LogP contribution >= 0.6 is 0 Å². The summed E-state index contributed by atoms with van der Waals surface area (Å²) in [6.07, 6.45) is 22.6. The molecule has 0 aromatic rings. The number of unbranched alkanes of at least 4 members (excludes halogenated alkanes) is 13. The zero-order chi connectivity index (χ0) is 18.3. The Balaban J connectivity index is 1.83. The van der Waals surface area contributed by atoms with Crippen LogP contribution in [0.5, 0.6) is 0 Å². The van der Waals surface area contributed by atoms with Crippen molar-refractivity contribution >= 4 is 11.8 Å². The summed E-state index contributed by atoms with van der Waals surface area (Å²) in [5.74, 6) is -0.300. The third-order valence-corrected chi connectivity index (χ3v) is 5.26. The smallest absolute Gasteiger partial charge is 0.253 e. The molecule has 0 aromatic carbocycles. The summed E-state index contributed by atoms with van der Waals surface area (Å²) >= 11 is 0. The van der Waals surface area contributed by atoms with Gasteiger partial charge in [0.15, 0.2) is 0 Å². The zero-order valence-electron chi connectivity index (χ0n) is 16.6. The summed E-state index contributed by atoms with van der Waals surface area (Å²) in [6, 6.07) is 0.0346. The lowest BCUT2D eigenvalue weighted by molar-refractivity contribution is -0.139.